The number of aromatic nitrogens is 2. The Bertz CT molecular complexity index is 1250. The van der Waals surface area contributed by atoms with Crippen LogP contribution in [0.15, 0.2) is 23.0 Å². The van der Waals surface area contributed by atoms with Crippen molar-refractivity contribution in [2.45, 2.75) is 32.1 Å². The number of ether oxygens (including phenoxy) is 3. The number of fused-ring (bicyclic) bond motifs is 2. The molecule has 0 unspecified atom stereocenters. The fraction of sp³-hybridized carbons (Fsp3) is 0.458. The zero-order valence-corrected chi connectivity index (χ0v) is 19.8. The van der Waals surface area contributed by atoms with Gasteiger partial charge >= 0.3 is 5.97 Å². The molecule has 3 aliphatic rings. The van der Waals surface area contributed by atoms with Gasteiger partial charge in [0, 0.05) is 31.3 Å². The Hall–Kier alpha value is -4.09. The Labute approximate surface area is 206 Å². The van der Waals surface area contributed by atoms with Gasteiger partial charge in [-0.15, -0.1) is 0 Å². The number of nitrogens with one attached hydrogen (secondary N) is 3. The summed E-state index contributed by atoms with van der Waals surface area (Å²) in [5.41, 5.74) is 0.0712. The molecule has 1 aromatic carbocycles. The average molecular weight is 498 g/mol. The van der Waals surface area contributed by atoms with E-state index in [9.17, 15) is 19.2 Å². The number of nitrogens with zero attached hydrogens (tertiary/aromatic N) is 2. The molecule has 0 spiro atoms. The summed E-state index contributed by atoms with van der Waals surface area (Å²) < 4.78 is 16.1. The second kappa shape index (κ2) is 9.88. The topological polar surface area (TPSA) is 152 Å². The first-order valence-corrected chi connectivity index (χ1v) is 12.0. The van der Waals surface area contributed by atoms with Crippen molar-refractivity contribution in [3.63, 3.8) is 0 Å². The van der Waals surface area contributed by atoms with Gasteiger partial charge < -0.3 is 29.7 Å². The fourth-order valence-corrected chi connectivity index (χ4v) is 4.67. The van der Waals surface area contributed by atoms with Crippen molar-refractivity contribution in [1.29, 1.82) is 0 Å². The molecule has 1 saturated heterocycles. The first kappa shape index (κ1) is 23.6. The minimum absolute atomic E-state index is 0.0693. The van der Waals surface area contributed by atoms with Crippen molar-refractivity contribution >= 4 is 35.2 Å². The van der Waals surface area contributed by atoms with Crippen molar-refractivity contribution in [2.75, 3.05) is 48.4 Å². The molecule has 2 amide bonds. The third-order valence-corrected chi connectivity index (χ3v) is 6.48. The van der Waals surface area contributed by atoms with E-state index < -0.39 is 23.3 Å². The first-order valence-electron chi connectivity index (χ1n) is 12.0. The van der Waals surface area contributed by atoms with E-state index in [4.69, 9.17) is 14.2 Å². The van der Waals surface area contributed by atoms with Crippen LogP contribution in [0, 0.1) is 5.92 Å². The summed E-state index contributed by atoms with van der Waals surface area (Å²) in [6.07, 6.45) is 0.942. The lowest BCUT2D eigenvalue weighted by Gasteiger charge is -2.32. The molecule has 2 aromatic rings. The smallest absolute Gasteiger partial charge is 0.309 e. The molecule has 0 bridgehead atoms. The number of anilines is 3. The van der Waals surface area contributed by atoms with E-state index in [0.29, 0.717) is 62.9 Å². The maximum Gasteiger partial charge on any atom is 0.309 e. The van der Waals surface area contributed by atoms with Gasteiger partial charge in [-0.1, -0.05) is 0 Å². The number of piperidine rings is 1. The molecule has 4 heterocycles. The zero-order chi connectivity index (χ0) is 25.2. The molecule has 3 aliphatic heterocycles. The largest absolute Gasteiger partial charge is 0.486 e. The number of carbonyl (C=O) groups excluding carboxylic acids is 3. The number of amides is 2. The van der Waals surface area contributed by atoms with Gasteiger partial charge in [0.25, 0.3) is 5.56 Å². The molecule has 0 aliphatic carbocycles. The third-order valence-electron chi connectivity index (χ3n) is 6.48. The van der Waals surface area contributed by atoms with Gasteiger partial charge in [-0.05, 0) is 31.9 Å². The van der Waals surface area contributed by atoms with Crippen molar-refractivity contribution in [3.05, 3.63) is 34.1 Å². The van der Waals surface area contributed by atoms with Crippen molar-refractivity contribution < 1.29 is 28.6 Å². The fourth-order valence-electron chi connectivity index (χ4n) is 4.67. The summed E-state index contributed by atoms with van der Waals surface area (Å²) in [5.74, 6) is -0.885. The highest BCUT2D eigenvalue weighted by atomic mass is 16.6. The van der Waals surface area contributed by atoms with Gasteiger partial charge in [0.15, 0.2) is 11.5 Å². The lowest BCUT2D eigenvalue weighted by Crippen LogP contribution is -2.41. The molecule has 12 heteroatoms. The Balaban J connectivity index is 1.34. The van der Waals surface area contributed by atoms with Crippen LogP contribution < -0.4 is 30.6 Å². The summed E-state index contributed by atoms with van der Waals surface area (Å²) in [5, 5.41) is 5.39. The highest BCUT2D eigenvalue weighted by Gasteiger charge is 2.36. The maximum atomic E-state index is 13.1. The zero-order valence-electron chi connectivity index (χ0n) is 19.8. The van der Waals surface area contributed by atoms with Gasteiger partial charge in [0.2, 0.25) is 17.8 Å². The molecule has 3 N–H and O–H groups in total. The second-order valence-corrected chi connectivity index (χ2v) is 8.82. The molecular weight excluding hydrogens is 470 g/mol. The Morgan fingerprint density at radius 1 is 1.17 bits per heavy atom. The van der Waals surface area contributed by atoms with Gasteiger partial charge in [-0.25, -0.2) is 0 Å². The molecule has 1 atom stereocenters. The summed E-state index contributed by atoms with van der Waals surface area (Å²) >= 11 is 0. The van der Waals surface area contributed by atoms with E-state index in [1.807, 2.05) is 4.90 Å². The van der Waals surface area contributed by atoms with Crippen LogP contribution in [0.25, 0.3) is 0 Å². The number of carbonyl (C=O) groups is 3. The van der Waals surface area contributed by atoms with E-state index in [0.717, 1.165) is 0 Å². The van der Waals surface area contributed by atoms with Gasteiger partial charge in [0.1, 0.15) is 19.0 Å². The highest BCUT2D eigenvalue weighted by Crippen LogP contribution is 2.34. The van der Waals surface area contributed by atoms with E-state index in [1.165, 1.54) is 0 Å². The highest BCUT2D eigenvalue weighted by molar-refractivity contribution is 6.04. The van der Waals surface area contributed by atoms with E-state index >= 15 is 0 Å². The number of aromatic amines is 1. The standard InChI is InChI=1S/C24H27N5O7/c1-2-34-23(33)13-5-7-29(8-6-13)24-27-20-19(22(32)28-24)15(12-18(30)26-20)21(31)25-14-3-4-16-17(11-14)36-10-9-35-16/h3-4,11,13,15H,2,5-10,12H2,1H3,(H,25,31)(H2,26,27,28,30,32)/t15-/m1/s1. The number of H-pyrrole nitrogens is 1. The number of benzene rings is 1. The minimum atomic E-state index is -1.01. The van der Waals surface area contributed by atoms with Gasteiger partial charge in [-0.3, -0.25) is 24.2 Å². The first-order chi connectivity index (χ1) is 17.4. The summed E-state index contributed by atoms with van der Waals surface area (Å²) in [4.78, 5) is 59.7. The van der Waals surface area contributed by atoms with Crippen LogP contribution in [0.1, 0.15) is 37.7 Å². The Morgan fingerprint density at radius 3 is 2.67 bits per heavy atom. The Kier molecular flexibility index (Phi) is 6.49. The van der Waals surface area contributed by atoms with E-state index in [-0.39, 0.29) is 35.6 Å². The van der Waals surface area contributed by atoms with Crippen LogP contribution in [-0.4, -0.2) is 60.7 Å². The lowest BCUT2D eigenvalue weighted by atomic mass is 9.92. The third kappa shape index (κ3) is 4.70. The van der Waals surface area contributed by atoms with Crippen molar-refractivity contribution in [1.82, 2.24) is 9.97 Å². The van der Waals surface area contributed by atoms with Crippen LogP contribution in [0.3, 0.4) is 0 Å². The van der Waals surface area contributed by atoms with Crippen LogP contribution in [-0.2, 0) is 19.1 Å². The summed E-state index contributed by atoms with van der Waals surface area (Å²) in [6, 6.07) is 5.00. The van der Waals surface area contributed by atoms with Crippen LogP contribution >= 0.6 is 0 Å². The number of esters is 1. The normalized spacial score (nSPS) is 19.2. The number of hydrogen-bond acceptors (Lipinski definition) is 9. The monoisotopic (exact) mass is 497 g/mol. The second-order valence-electron chi connectivity index (χ2n) is 8.82. The molecule has 36 heavy (non-hydrogen) atoms. The summed E-state index contributed by atoms with van der Waals surface area (Å²) in [7, 11) is 0. The predicted molar refractivity (Wildman–Crippen MR) is 128 cm³/mol. The molecule has 12 nitrogen and oxygen atoms in total. The van der Waals surface area contributed by atoms with E-state index in [1.54, 1.807) is 25.1 Å². The lowest BCUT2D eigenvalue weighted by molar-refractivity contribution is -0.148. The van der Waals surface area contributed by atoms with Crippen LogP contribution in [0.4, 0.5) is 17.5 Å². The maximum absolute atomic E-state index is 13.1. The molecule has 1 aromatic heterocycles. The quantitative estimate of drug-likeness (QED) is 0.520. The van der Waals surface area contributed by atoms with Crippen molar-refractivity contribution in [3.8, 4) is 11.5 Å². The SMILES string of the molecule is CCOC(=O)C1CCN(c2nc3c(c(=O)[nH]2)[C@H](C(=O)Nc2ccc4c(c2)OCCO4)CC(=O)N3)CC1. The molecule has 5 rings (SSSR count). The molecular formula is C24H27N5O7. The van der Waals surface area contributed by atoms with Gasteiger partial charge in [0.05, 0.1) is 24.0 Å². The van der Waals surface area contributed by atoms with Crippen LogP contribution in [0.2, 0.25) is 0 Å². The van der Waals surface area contributed by atoms with E-state index in [2.05, 4.69) is 20.6 Å². The van der Waals surface area contributed by atoms with Gasteiger partial charge in [-0.2, -0.15) is 4.98 Å². The molecule has 1 fully saturated rings. The van der Waals surface area contributed by atoms with Crippen molar-refractivity contribution in [2.24, 2.45) is 5.92 Å². The predicted octanol–water partition coefficient (Wildman–Crippen LogP) is 1.39. The molecule has 0 radical (unpaired) electrons. The Morgan fingerprint density at radius 2 is 1.92 bits per heavy atom. The molecule has 0 saturated carbocycles. The molecule has 190 valence electrons. The minimum Gasteiger partial charge on any atom is -0.486 e. The summed E-state index contributed by atoms with van der Waals surface area (Å²) in [6.45, 7) is 3.95. The average Bonchev–Trinajstić information content (AvgIpc) is 2.88. The van der Waals surface area contributed by atoms with Crippen LogP contribution in [0.5, 0.6) is 11.5 Å². The number of hydrogen-bond donors (Lipinski definition) is 3. The number of rotatable bonds is 5.